The number of pyridine rings is 1. The maximum absolute atomic E-state index is 11.7. The molecule has 1 heterocycles. The van der Waals surface area contributed by atoms with Gasteiger partial charge in [0.05, 0.1) is 11.1 Å². The quantitative estimate of drug-likeness (QED) is 0.854. The van der Waals surface area contributed by atoms with Crippen molar-refractivity contribution in [1.29, 1.82) is 0 Å². The van der Waals surface area contributed by atoms with Crippen molar-refractivity contribution < 1.29 is 19.4 Å². The molecule has 0 fully saturated rings. The summed E-state index contributed by atoms with van der Waals surface area (Å²) in [6, 6.07) is 10.8. The molecule has 0 aliphatic carbocycles. The van der Waals surface area contributed by atoms with E-state index in [0.717, 1.165) is 5.56 Å². The van der Waals surface area contributed by atoms with Crippen molar-refractivity contribution in [1.82, 2.24) is 4.98 Å². The number of esters is 1. The van der Waals surface area contributed by atoms with Crippen molar-refractivity contribution in [2.24, 2.45) is 0 Å². The molecular formula is C16H13NO4. The van der Waals surface area contributed by atoms with E-state index in [9.17, 15) is 9.59 Å². The molecule has 0 radical (unpaired) electrons. The summed E-state index contributed by atoms with van der Waals surface area (Å²) in [7, 11) is 0. The lowest BCUT2D eigenvalue weighted by molar-refractivity contribution is 0.0549. The molecule has 0 spiro atoms. The third-order valence-corrected chi connectivity index (χ3v) is 2.64. The molecule has 2 aromatic rings. The fraction of sp³-hybridized carbons (Fsp3) is 0.0625. The molecule has 1 N–H and O–H groups in total. The Hall–Kier alpha value is -2.95. The van der Waals surface area contributed by atoms with Crippen LogP contribution in [0.3, 0.4) is 0 Å². The Balaban J connectivity index is 1.92. The predicted molar refractivity (Wildman–Crippen MR) is 77.0 cm³/mol. The summed E-state index contributed by atoms with van der Waals surface area (Å²) in [5.41, 5.74) is 1.07. The molecule has 0 amide bonds. The Bertz CT molecular complexity index is 665. The molecule has 0 aliphatic rings. The largest absolute Gasteiger partial charge is 0.478 e. The smallest absolute Gasteiger partial charge is 0.340 e. The van der Waals surface area contributed by atoms with Crippen LogP contribution in [-0.2, 0) is 4.74 Å². The van der Waals surface area contributed by atoms with Gasteiger partial charge in [-0.3, -0.25) is 4.98 Å². The van der Waals surface area contributed by atoms with E-state index in [0.29, 0.717) is 0 Å². The fourth-order valence-corrected chi connectivity index (χ4v) is 1.62. The third-order valence-electron chi connectivity index (χ3n) is 2.64. The standard InChI is InChI=1S/C16H13NO4/c18-15(19)13-9-14(11-17-10-13)16(20)21-8-4-7-12-5-2-1-3-6-12/h1-7,9-11H,8H2,(H,18,19). The lowest BCUT2D eigenvalue weighted by Crippen LogP contribution is -2.07. The zero-order valence-electron chi connectivity index (χ0n) is 11.1. The van der Waals surface area contributed by atoms with Crippen LogP contribution in [0, 0.1) is 0 Å². The second-order valence-corrected chi connectivity index (χ2v) is 4.18. The summed E-state index contributed by atoms with van der Waals surface area (Å²) < 4.78 is 5.03. The second kappa shape index (κ2) is 7.00. The highest BCUT2D eigenvalue weighted by atomic mass is 16.5. The topological polar surface area (TPSA) is 76.5 Å². The van der Waals surface area contributed by atoms with Gasteiger partial charge in [-0.15, -0.1) is 0 Å². The van der Waals surface area contributed by atoms with Gasteiger partial charge in [-0.1, -0.05) is 36.4 Å². The van der Waals surface area contributed by atoms with Crippen LogP contribution < -0.4 is 0 Å². The summed E-state index contributed by atoms with van der Waals surface area (Å²) in [5.74, 6) is -1.75. The highest BCUT2D eigenvalue weighted by Crippen LogP contribution is 2.05. The molecule has 0 saturated heterocycles. The first-order valence-electron chi connectivity index (χ1n) is 6.24. The van der Waals surface area contributed by atoms with E-state index in [1.165, 1.54) is 18.5 Å². The molecule has 106 valence electrons. The molecule has 0 saturated carbocycles. The molecule has 1 aromatic heterocycles. The number of rotatable bonds is 5. The van der Waals surface area contributed by atoms with Crippen molar-refractivity contribution in [3.05, 3.63) is 71.6 Å². The Morgan fingerprint density at radius 2 is 1.86 bits per heavy atom. The average molecular weight is 283 g/mol. The summed E-state index contributed by atoms with van der Waals surface area (Å²) in [4.78, 5) is 26.2. The first kappa shape index (κ1) is 14.5. The molecule has 5 heteroatoms. The van der Waals surface area contributed by atoms with Gasteiger partial charge in [-0.2, -0.15) is 0 Å². The van der Waals surface area contributed by atoms with Crippen molar-refractivity contribution in [3.8, 4) is 0 Å². The van der Waals surface area contributed by atoms with E-state index in [1.54, 1.807) is 6.08 Å². The zero-order chi connectivity index (χ0) is 15.1. The summed E-state index contributed by atoms with van der Waals surface area (Å²) in [5, 5.41) is 8.83. The van der Waals surface area contributed by atoms with Crippen LogP contribution in [0.2, 0.25) is 0 Å². The van der Waals surface area contributed by atoms with Crippen molar-refractivity contribution in [3.63, 3.8) is 0 Å². The lowest BCUT2D eigenvalue weighted by atomic mass is 10.2. The summed E-state index contributed by atoms with van der Waals surface area (Å²) in [6.45, 7) is 0.102. The number of benzene rings is 1. The maximum atomic E-state index is 11.7. The Labute approximate surface area is 121 Å². The van der Waals surface area contributed by atoms with Gasteiger partial charge >= 0.3 is 11.9 Å². The number of hydrogen-bond acceptors (Lipinski definition) is 4. The molecule has 1 aromatic carbocycles. The van der Waals surface area contributed by atoms with E-state index in [1.807, 2.05) is 36.4 Å². The van der Waals surface area contributed by atoms with Crippen LogP contribution in [0.5, 0.6) is 0 Å². The van der Waals surface area contributed by atoms with Gasteiger partial charge in [0.15, 0.2) is 0 Å². The molecule has 0 aliphatic heterocycles. The first-order valence-corrected chi connectivity index (χ1v) is 6.24. The number of carbonyl (C=O) groups is 2. The number of carbonyl (C=O) groups excluding carboxylic acids is 1. The van der Waals surface area contributed by atoms with E-state index in [-0.39, 0.29) is 17.7 Å². The van der Waals surface area contributed by atoms with Crippen molar-refractivity contribution >= 4 is 18.0 Å². The van der Waals surface area contributed by atoms with E-state index in [4.69, 9.17) is 9.84 Å². The number of carboxylic acid groups (broad SMARTS) is 1. The fourth-order valence-electron chi connectivity index (χ4n) is 1.62. The van der Waals surface area contributed by atoms with Crippen molar-refractivity contribution in [2.45, 2.75) is 0 Å². The van der Waals surface area contributed by atoms with Gasteiger partial charge in [-0.25, -0.2) is 9.59 Å². The van der Waals surface area contributed by atoms with Crippen molar-refractivity contribution in [2.75, 3.05) is 6.61 Å². The number of ether oxygens (including phenoxy) is 1. The van der Waals surface area contributed by atoms with Gasteiger partial charge in [-0.05, 0) is 17.7 Å². The average Bonchev–Trinajstić information content (AvgIpc) is 2.52. The lowest BCUT2D eigenvalue weighted by Gasteiger charge is -2.02. The number of nitrogens with zero attached hydrogens (tertiary/aromatic N) is 1. The molecule has 5 nitrogen and oxygen atoms in total. The van der Waals surface area contributed by atoms with Crippen LogP contribution in [0.15, 0.2) is 54.9 Å². The van der Waals surface area contributed by atoms with E-state index < -0.39 is 11.9 Å². The first-order chi connectivity index (χ1) is 10.2. The summed E-state index contributed by atoms with van der Waals surface area (Å²) >= 11 is 0. The van der Waals surface area contributed by atoms with Crippen LogP contribution in [-0.4, -0.2) is 28.6 Å². The molecule has 0 atom stereocenters. The van der Waals surface area contributed by atoms with Gasteiger partial charge in [0.2, 0.25) is 0 Å². The second-order valence-electron chi connectivity index (χ2n) is 4.18. The highest BCUT2D eigenvalue weighted by Gasteiger charge is 2.10. The molecule has 0 unspecified atom stereocenters. The molecule has 21 heavy (non-hydrogen) atoms. The number of aromatic carboxylic acids is 1. The predicted octanol–water partition coefficient (Wildman–Crippen LogP) is 2.65. The molecule has 2 rings (SSSR count). The maximum Gasteiger partial charge on any atom is 0.340 e. The number of aromatic nitrogens is 1. The number of hydrogen-bond donors (Lipinski definition) is 1. The SMILES string of the molecule is O=C(O)c1cncc(C(=O)OCC=Cc2ccccc2)c1. The van der Waals surface area contributed by atoms with Crippen LogP contribution in [0.1, 0.15) is 26.3 Å². The minimum atomic E-state index is -1.14. The Morgan fingerprint density at radius 3 is 2.57 bits per heavy atom. The third kappa shape index (κ3) is 4.28. The van der Waals surface area contributed by atoms with Gasteiger partial charge < -0.3 is 9.84 Å². The van der Waals surface area contributed by atoms with E-state index >= 15 is 0 Å². The van der Waals surface area contributed by atoms with Crippen LogP contribution in [0.4, 0.5) is 0 Å². The Kier molecular flexibility index (Phi) is 4.82. The Morgan fingerprint density at radius 1 is 1.14 bits per heavy atom. The minimum Gasteiger partial charge on any atom is -0.478 e. The monoisotopic (exact) mass is 283 g/mol. The molecule has 0 bridgehead atoms. The van der Waals surface area contributed by atoms with Crippen LogP contribution >= 0.6 is 0 Å². The van der Waals surface area contributed by atoms with E-state index in [2.05, 4.69) is 4.98 Å². The minimum absolute atomic E-state index is 0.0516. The van der Waals surface area contributed by atoms with Gasteiger partial charge in [0.1, 0.15) is 6.61 Å². The zero-order valence-corrected chi connectivity index (χ0v) is 11.1. The highest BCUT2D eigenvalue weighted by molar-refractivity contribution is 5.93. The van der Waals surface area contributed by atoms with Crippen LogP contribution in [0.25, 0.3) is 6.08 Å². The summed E-state index contributed by atoms with van der Waals surface area (Å²) in [6.07, 6.45) is 5.99. The molecular weight excluding hydrogens is 270 g/mol. The normalized spacial score (nSPS) is 10.5. The number of carboxylic acids is 1. The van der Waals surface area contributed by atoms with Gasteiger partial charge in [0.25, 0.3) is 0 Å². The van der Waals surface area contributed by atoms with Gasteiger partial charge in [0, 0.05) is 12.4 Å².